The van der Waals surface area contributed by atoms with Crippen molar-refractivity contribution < 1.29 is 4.74 Å². The molecule has 0 saturated carbocycles. The van der Waals surface area contributed by atoms with E-state index in [1.165, 1.54) is 21.6 Å². The molecular weight excluding hydrogens is 228 g/mol. The minimum Gasteiger partial charge on any atom is -0.488 e. The lowest BCUT2D eigenvalue weighted by Crippen LogP contribution is -2.12. The second-order valence-electron chi connectivity index (χ2n) is 5.52. The SMILES string of the molecule is CC(C)(C)c1ccc2c(c1)-c1sccc1CO2. The van der Waals surface area contributed by atoms with Crippen LogP contribution in [0.3, 0.4) is 0 Å². The molecule has 88 valence electrons. The highest BCUT2D eigenvalue weighted by atomic mass is 32.1. The van der Waals surface area contributed by atoms with Gasteiger partial charge in [0.2, 0.25) is 0 Å². The average molecular weight is 244 g/mol. The summed E-state index contributed by atoms with van der Waals surface area (Å²) in [6.07, 6.45) is 0. The maximum absolute atomic E-state index is 5.78. The maximum atomic E-state index is 5.78. The highest BCUT2D eigenvalue weighted by Gasteiger charge is 2.21. The van der Waals surface area contributed by atoms with Crippen molar-refractivity contribution in [3.05, 3.63) is 40.8 Å². The van der Waals surface area contributed by atoms with Crippen LogP contribution in [0.15, 0.2) is 29.6 Å². The van der Waals surface area contributed by atoms with Gasteiger partial charge in [-0.05, 0) is 34.6 Å². The second-order valence-corrected chi connectivity index (χ2v) is 6.44. The molecule has 0 N–H and O–H groups in total. The normalized spacial score (nSPS) is 13.8. The van der Waals surface area contributed by atoms with Crippen LogP contribution in [0.1, 0.15) is 31.9 Å². The molecule has 0 spiro atoms. The Morgan fingerprint density at radius 3 is 2.76 bits per heavy atom. The molecule has 0 saturated heterocycles. The fraction of sp³-hybridized carbons (Fsp3) is 0.333. The first-order chi connectivity index (χ1) is 8.05. The van der Waals surface area contributed by atoms with E-state index in [2.05, 4.69) is 50.4 Å². The van der Waals surface area contributed by atoms with E-state index in [0.29, 0.717) is 6.61 Å². The molecule has 17 heavy (non-hydrogen) atoms. The first-order valence-corrected chi connectivity index (χ1v) is 6.78. The Labute approximate surface area is 106 Å². The number of thiophene rings is 1. The molecule has 0 fully saturated rings. The van der Waals surface area contributed by atoms with Crippen molar-refractivity contribution in [1.29, 1.82) is 0 Å². The van der Waals surface area contributed by atoms with Crippen molar-refractivity contribution in [1.82, 2.24) is 0 Å². The van der Waals surface area contributed by atoms with E-state index in [1.807, 2.05) is 11.3 Å². The molecular formula is C15H16OS. The summed E-state index contributed by atoms with van der Waals surface area (Å²) in [5, 5.41) is 2.15. The summed E-state index contributed by atoms with van der Waals surface area (Å²) >= 11 is 1.81. The van der Waals surface area contributed by atoms with E-state index in [4.69, 9.17) is 4.74 Å². The van der Waals surface area contributed by atoms with Gasteiger partial charge in [0.15, 0.2) is 0 Å². The summed E-state index contributed by atoms with van der Waals surface area (Å²) in [6, 6.07) is 8.73. The summed E-state index contributed by atoms with van der Waals surface area (Å²) in [7, 11) is 0. The van der Waals surface area contributed by atoms with Gasteiger partial charge in [0.25, 0.3) is 0 Å². The van der Waals surface area contributed by atoms with Gasteiger partial charge in [0.1, 0.15) is 12.4 Å². The molecule has 1 aromatic heterocycles. The summed E-state index contributed by atoms with van der Waals surface area (Å²) in [4.78, 5) is 1.37. The number of rotatable bonds is 0. The lowest BCUT2D eigenvalue weighted by molar-refractivity contribution is 0.303. The molecule has 2 heterocycles. The third-order valence-corrected chi connectivity index (χ3v) is 4.21. The quantitative estimate of drug-likeness (QED) is 0.658. The minimum atomic E-state index is 0.184. The first-order valence-electron chi connectivity index (χ1n) is 5.90. The van der Waals surface area contributed by atoms with E-state index in [1.54, 1.807) is 0 Å². The molecule has 1 aliphatic rings. The van der Waals surface area contributed by atoms with E-state index in [0.717, 1.165) is 5.75 Å². The highest BCUT2D eigenvalue weighted by Crippen LogP contribution is 2.42. The minimum absolute atomic E-state index is 0.184. The van der Waals surface area contributed by atoms with Crippen LogP contribution in [0.5, 0.6) is 5.75 Å². The van der Waals surface area contributed by atoms with Gasteiger partial charge in [-0.25, -0.2) is 0 Å². The zero-order valence-corrected chi connectivity index (χ0v) is 11.2. The predicted octanol–water partition coefficient (Wildman–Crippen LogP) is 4.61. The Bertz CT molecular complexity index is 561. The third kappa shape index (κ3) is 1.77. The van der Waals surface area contributed by atoms with E-state index < -0.39 is 0 Å². The molecule has 3 rings (SSSR count). The van der Waals surface area contributed by atoms with Gasteiger partial charge in [-0.1, -0.05) is 26.8 Å². The molecule has 1 aliphatic heterocycles. The van der Waals surface area contributed by atoms with Crippen LogP contribution in [0.2, 0.25) is 0 Å². The van der Waals surface area contributed by atoms with Crippen molar-refractivity contribution >= 4 is 11.3 Å². The Balaban J connectivity index is 2.18. The van der Waals surface area contributed by atoms with Crippen LogP contribution < -0.4 is 4.74 Å². The molecule has 0 bridgehead atoms. The van der Waals surface area contributed by atoms with E-state index >= 15 is 0 Å². The second kappa shape index (κ2) is 3.61. The summed E-state index contributed by atoms with van der Waals surface area (Å²) in [5.41, 5.74) is 4.12. The van der Waals surface area contributed by atoms with Gasteiger partial charge in [-0.15, -0.1) is 11.3 Å². The first kappa shape index (κ1) is 10.8. The van der Waals surface area contributed by atoms with E-state index in [9.17, 15) is 0 Å². The molecule has 2 heteroatoms. The summed E-state index contributed by atoms with van der Waals surface area (Å²) < 4.78 is 5.78. The Morgan fingerprint density at radius 1 is 1.18 bits per heavy atom. The zero-order valence-electron chi connectivity index (χ0n) is 10.4. The monoisotopic (exact) mass is 244 g/mol. The van der Waals surface area contributed by atoms with Crippen LogP contribution in [0.4, 0.5) is 0 Å². The Morgan fingerprint density at radius 2 is 2.00 bits per heavy atom. The highest BCUT2D eigenvalue weighted by molar-refractivity contribution is 7.13. The number of benzene rings is 1. The molecule has 1 nitrogen and oxygen atoms in total. The molecule has 0 aliphatic carbocycles. The van der Waals surface area contributed by atoms with E-state index in [-0.39, 0.29) is 5.41 Å². The maximum Gasteiger partial charge on any atom is 0.128 e. The largest absolute Gasteiger partial charge is 0.488 e. The number of ether oxygens (including phenoxy) is 1. The van der Waals surface area contributed by atoms with Crippen LogP contribution in [0.25, 0.3) is 10.4 Å². The number of hydrogen-bond acceptors (Lipinski definition) is 2. The Kier molecular flexibility index (Phi) is 2.30. The van der Waals surface area contributed by atoms with Crippen LogP contribution >= 0.6 is 11.3 Å². The summed E-state index contributed by atoms with van der Waals surface area (Å²) in [5.74, 6) is 1.02. The van der Waals surface area contributed by atoms with Crippen LogP contribution in [0, 0.1) is 0 Å². The topological polar surface area (TPSA) is 9.23 Å². The Hall–Kier alpha value is -1.28. The summed E-state index contributed by atoms with van der Waals surface area (Å²) in [6.45, 7) is 7.44. The lowest BCUT2D eigenvalue weighted by atomic mass is 9.85. The fourth-order valence-electron chi connectivity index (χ4n) is 2.14. The molecule has 0 unspecified atom stereocenters. The number of hydrogen-bond donors (Lipinski definition) is 0. The van der Waals surface area contributed by atoms with Crippen molar-refractivity contribution in [2.24, 2.45) is 0 Å². The zero-order chi connectivity index (χ0) is 12.0. The van der Waals surface area contributed by atoms with Crippen molar-refractivity contribution in [3.63, 3.8) is 0 Å². The van der Waals surface area contributed by atoms with Gasteiger partial charge in [-0.2, -0.15) is 0 Å². The lowest BCUT2D eigenvalue weighted by Gasteiger charge is -2.23. The molecule has 0 atom stereocenters. The average Bonchev–Trinajstić information content (AvgIpc) is 2.75. The van der Waals surface area contributed by atoms with Crippen molar-refractivity contribution in [2.75, 3.05) is 0 Å². The van der Waals surface area contributed by atoms with Crippen molar-refractivity contribution in [3.8, 4) is 16.2 Å². The van der Waals surface area contributed by atoms with Gasteiger partial charge in [0.05, 0.1) is 0 Å². The van der Waals surface area contributed by atoms with Crippen LogP contribution in [-0.2, 0) is 12.0 Å². The van der Waals surface area contributed by atoms with Gasteiger partial charge < -0.3 is 4.74 Å². The van der Waals surface area contributed by atoms with Crippen LogP contribution in [-0.4, -0.2) is 0 Å². The standard InChI is InChI=1S/C15H16OS/c1-15(2,3)11-4-5-13-12(8-11)14-10(9-16-13)6-7-17-14/h4-8H,9H2,1-3H3. The smallest absolute Gasteiger partial charge is 0.128 e. The molecule has 0 amide bonds. The van der Waals surface area contributed by atoms with Gasteiger partial charge in [-0.3, -0.25) is 0 Å². The third-order valence-electron chi connectivity index (χ3n) is 3.22. The van der Waals surface area contributed by atoms with Crippen molar-refractivity contribution in [2.45, 2.75) is 32.8 Å². The van der Waals surface area contributed by atoms with Gasteiger partial charge in [0, 0.05) is 16.0 Å². The molecule has 0 radical (unpaired) electrons. The molecule has 2 aromatic rings. The number of fused-ring (bicyclic) bond motifs is 3. The van der Waals surface area contributed by atoms with Gasteiger partial charge >= 0.3 is 0 Å². The predicted molar refractivity (Wildman–Crippen MR) is 72.8 cm³/mol. The fourth-order valence-corrected chi connectivity index (χ4v) is 3.07. The molecule has 1 aromatic carbocycles.